The highest BCUT2D eigenvalue weighted by atomic mass is 35.5. The lowest BCUT2D eigenvalue weighted by Gasteiger charge is -2.10. The third-order valence-corrected chi connectivity index (χ3v) is 3.92. The number of carbonyl (C=O) groups is 1. The Morgan fingerprint density at radius 3 is 2.83 bits per heavy atom. The second-order valence-electron chi connectivity index (χ2n) is 5.47. The van der Waals surface area contributed by atoms with E-state index in [2.05, 4.69) is 22.0 Å². The van der Waals surface area contributed by atoms with Crippen molar-refractivity contribution in [3.63, 3.8) is 0 Å². The van der Waals surface area contributed by atoms with Gasteiger partial charge in [0.05, 0.1) is 11.0 Å². The Labute approximate surface area is 140 Å². The summed E-state index contributed by atoms with van der Waals surface area (Å²) >= 11 is 6.09. The number of benzene rings is 2. The molecule has 4 nitrogen and oxygen atoms in total. The summed E-state index contributed by atoms with van der Waals surface area (Å²) in [6, 6.07) is 15.9. The van der Waals surface area contributed by atoms with E-state index in [-0.39, 0.29) is 5.91 Å². The molecular weight excluding hydrogens is 310 g/mol. The first kappa shape index (κ1) is 15.6. The van der Waals surface area contributed by atoms with Crippen molar-refractivity contribution in [1.29, 1.82) is 0 Å². The number of fused-ring (bicyclic) bond motifs is 1. The highest BCUT2D eigenvalue weighted by Gasteiger charge is 2.11. The molecule has 0 radical (unpaired) electrons. The van der Waals surface area contributed by atoms with Crippen molar-refractivity contribution in [1.82, 2.24) is 14.9 Å². The Hall–Kier alpha value is -2.33. The fourth-order valence-electron chi connectivity index (χ4n) is 2.66. The first-order chi connectivity index (χ1) is 11.1. The minimum atomic E-state index is -0.0255. The van der Waals surface area contributed by atoms with Crippen LogP contribution in [0.25, 0.3) is 11.0 Å². The molecular formula is C18H18ClN3O. The molecule has 0 bridgehead atoms. The van der Waals surface area contributed by atoms with E-state index in [1.54, 1.807) is 0 Å². The summed E-state index contributed by atoms with van der Waals surface area (Å²) in [7, 11) is 0. The number of aromatic nitrogens is 2. The second kappa shape index (κ2) is 6.84. The zero-order valence-corrected chi connectivity index (χ0v) is 13.7. The lowest BCUT2D eigenvalue weighted by molar-refractivity contribution is -0.118. The van der Waals surface area contributed by atoms with Crippen molar-refractivity contribution in [2.75, 3.05) is 6.54 Å². The van der Waals surface area contributed by atoms with E-state index in [0.717, 1.165) is 27.4 Å². The second-order valence-corrected chi connectivity index (χ2v) is 5.90. The average Bonchev–Trinajstić information content (AvgIpc) is 2.85. The number of carbonyl (C=O) groups excluding carboxylic acids is 1. The molecule has 1 heterocycles. The topological polar surface area (TPSA) is 46.9 Å². The largest absolute Gasteiger partial charge is 0.356 e. The first-order valence-electron chi connectivity index (χ1n) is 7.56. The fraction of sp³-hybridized carbons (Fsp3) is 0.222. The Kier molecular flexibility index (Phi) is 4.63. The number of imidazole rings is 1. The van der Waals surface area contributed by atoms with Crippen LogP contribution in [0, 0.1) is 0 Å². The number of amides is 1. The zero-order chi connectivity index (χ0) is 16.2. The third-order valence-electron chi connectivity index (χ3n) is 3.69. The summed E-state index contributed by atoms with van der Waals surface area (Å²) in [6.45, 7) is 2.81. The van der Waals surface area contributed by atoms with E-state index in [9.17, 15) is 4.79 Å². The van der Waals surface area contributed by atoms with Gasteiger partial charge in [-0.3, -0.25) is 4.79 Å². The quantitative estimate of drug-likeness (QED) is 0.780. The highest BCUT2D eigenvalue weighted by molar-refractivity contribution is 6.30. The van der Waals surface area contributed by atoms with E-state index in [0.29, 0.717) is 19.5 Å². The van der Waals surface area contributed by atoms with Crippen LogP contribution in [0.3, 0.4) is 0 Å². The van der Waals surface area contributed by atoms with E-state index >= 15 is 0 Å². The predicted molar refractivity (Wildman–Crippen MR) is 92.7 cm³/mol. The van der Waals surface area contributed by atoms with Gasteiger partial charge in [-0.1, -0.05) is 35.9 Å². The van der Waals surface area contributed by atoms with Gasteiger partial charge in [0.2, 0.25) is 5.91 Å². The third kappa shape index (κ3) is 3.71. The lowest BCUT2D eigenvalue weighted by Crippen LogP contribution is -2.23. The van der Waals surface area contributed by atoms with Gasteiger partial charge < -0.3 is 9.88 Å². The highest BCUT2D eigenvalue weighted by Crippen LogP contribution is 2.19. The van der Waals surface area contributed by atoms with Crippen molar-refractivity contribution in [2.24, 2.45) is 0 Å². The molecule has 5 heteroatoms. The molecule has 0 saturated heterocycles. The van der Waals surface area contributed by atoms with Gasteiger partial charge >= 0.3 is 0 Å². The van der Waals surface area contributed by atoms with Crippen LogP contribution >= 0.6 is 11.6 Å². The van der Waals surface area contributed by atoms with Gasteiger partial charge in [0.25, 0.3) is 0 Å². The van der Waals surface area contributed by atoms with Crippen molar-refractivity contribution < 1.29 is 4.79 Å². The SMILES string of the molecule is CC(=O)NCCc1nc2ccccc2n1Cc1cccc(Cl)c1. The molecule has 0 unspecified atom stereocenters. The molecule has 0 atom stereocenters. The molecule has 0 aliphatic heterocycles. The zero-order valence-electron chi connectivity index (χ0n) is 12.9. The van der Waals surface area contributed by atoms with Gasteiger partial charge in [-0.2, -0.15) is 0 Å². The minimum Gasteiger partial charge on any atom is -0.356 e. The standard InChI is InChI=1S/C18H18ClN3O/c1-13(23)20-10-9-18-21-16-7-2-3-8-17(16)22(18)12-14-5-4-6-15(19)11-14/h2-8,11H,9-10,12H2,1H3,(H,20,23). The van der Waals surface area contributed by atoms with Crippen molar-refractivity contribution >= 4 is 28.5 Å². The van der Waals surface area contributed by atoms with Gasteiger partial charge in [-0.15, -0.1) is 0 Å². The molecule has 2 aromatic carbocycles. The van der Waals surface area contributed by atoms with Crippen LogP contribution in [0.5, 0.6) is 0 Å². The number of halogens is 1. The summed E-state index contributed by atoms with van der Waals surface area (Å²) in [5.41, 5.74) is 3.18. The lowest BCUT2D eigenvalue weighted by atomic mass is 10.2. The van der Waals surface area contributed by atoms with Gasteiger partial charge in [0.15, 0.2) is 0 Å². The first-order valence-corrected chi connectivity index (χ1v) is 7.94. The van der Waals surface area contributed by atoms with Gasteiger partial charge in [-0.05, 0) is 29.8 Å². The van der Waals surface area contributed by atoms with Crippen LogP contribution in [0.15, 0.2) is 48.5 Å². The van der Waals surface area contributed by atoms with Crippen LogP contribution in [-0.2, 0) is 17.8 Å². The molecule has 3 aromatic rings. The maximum atomic E-state index is 11.1. The molecule has 0 spiro atoms. The number of nitrogens with one attached hydrogen (secondary N) is 1. The van der Waals surface area contributed by atoms with E-state index < -0.39 is 0 Å². The number of hydrogen-bond acceptors (Lipinski definition) is 2. The molecule has 1 aromatic heterocycles. The van der Waals surface area contributed by atoms with Gasteiger partial charge in [0.1, 0.15) is 5.82 Å². The molecule has 23 heavy (non-hydrogen) atoms. The predicted octanol–water partition coefficient (Wildman–Crippen LogP) is 3.42. The van der Waals surface area contributed by atoms with Crippen molar-refractivity contribution in [2.45, 2.75) is 19.9 Å². The summed E-state index contributed by atoms with van der Waals surface area (Å²) in [5, 5.41) is 3.55. The Bertz CT molecular complexity index is 841. The molecule has 0 aliphatic rings. The fourth-order valence-corrected chi connectivity index (χ4v) is 2.87. The number of rotatable bonds is 5. The van der Waals surface area contributed by atoms with E-state index in [1.807, 2.05) is 36.4 Å². The van der Waals surface area contributed by atoms with Crippen LogP contribution < -0.4 is 5.32 Å². The van der Waals surface area contributed by atoms with Gasteiger partial charge in [-0.25, -0.2) is 4.98 Å². The average molecular weight is 328 g/mol. The van der Waals surface area contributed by atoms with Crippen LogP contribution in [0.1, 0.15) is 18.3 Å². The summed E-state index contributed by atoms with van der Waals surface area (Å²) < 4.78 is 2.18. The van der Waals surface area contributed by atoms with Crippen molar-refractivity contribution in [3.05, 3.63) is 64.9 Å². The Morgan fingerprint density at radius 1 is 1.22 bits per heavy atom. The maximum absolute atomic E-state index is 11.1. The number of nitrogens with zero attached hydrogens (tertiary/aromatic N) is 2. The normalized spacial score (nSPS) is 10.9. The van der Waals surface area contributed by atoms with Crippen LogP contribution in [0.4, 0.5) is 0 Å². The molecule has 3 rings (SSSR count). The molecule has 0 saturated carbocycles. The number of hydrogen-bond donors (Lipinski definition) is 1. The molecule has 0 aliphatic carbocycles. The summed E-state index contributed by atoms with van der Waals surface area (Å²) in [5.74, 6) is 0.933. The van der Waals surface area contributed by atoms with Crippen molar-refractivity contribution in [3.8, 4) is 0 Å². The summed E-state index contributed by atoms with van der Waals surface area (Å²) in [4.78, 5) is 15.8. The minimum absolute atomic E-state index is 0.0255. The molecule has 118 valence electrons. The van der Waals surface area contributed by atoms with Crippen LogP contribution in [-0.4, -0.2) is 22.0 Å². The van der Waals surface area contributed by atoms with E-state index in [1.165, 1.54) is 6.92 Å². The molecule has 1 N–H and O–H groups in total. The van der Waals surface area contributed by atoms with E-state index in [4.69, 9.17) is 16.6 Å². The smallest absolute Gasteiger partial charge is 0.216 e. The van der Waals surface area contributed by atoms with Crippen LogP contribution in [0.2, 0.25) is 5.02 Å². The number of para-hydroxylation sites is 2. The molecule has 1 amide bonds. The molecule has 0 fully saturated rings. The Balaban J connectivity index is 1.93. The summed E-state index contributed by atoms with van der Waals surface area (Å²) in [6.07, 6.45) is 0.689. The maximum Gasteiger partial charge on any atom is 0.216 e. The monoisotopic (exact) mass is 327 g/mol. The van der Waals surface area contributed by atoms with Gasteiger partial charge in [0, 0.05) is 31.5 Å². The Morgan fingerprint density at radius 2 is 2.04 bits per heavy atom.